The molecule has 0 fully saturated rings. The summed E-state index contributed by atoms with van der Waals surface area (Å²) >= 11 is 0. The van der Waals surface area contributed by atoms with Crippen molar-refractivity contribution < 1.29 is 4.74 Å². The van der Waals surface area contributed by atoms with Crippen LogP contribution in [0, 0.1) is 0 Å². The van der Waals surface area contributed by atoms with Crippen molar-refractivity contribution in [3.63, 3.8) is 0 Å². The van der Waals surface area contributed by atoms with Crippen LogP contribution >= 0.6 is 0 Å². The van der Waals surface area contributed by atoms with Crippen LogP contribution < -0.4 is 9.64 Å². The van der Waals surface area contributed by atoms with Crippen molar-refractivity contribution in [3.05, 3.63) is 24.3 Å². The van der Waals surface area contributed by atoms with Crippen LogP contribution in [0.1, 0.15) is 46.0 Å². The number of rotatable bonds is 8. The van der Waals surface area contributed by atoms with E-state index in [-0.39, 0.29) is 0 Å². The molecule has 0 amide bonds. The summed E-state index contributed by atoms with van der Waals surface area (Å²) in [5.41, 5.74) is 1.19. The Morgan fingerprint density at radius 3 is 2.61 bits per heavy atom. The van der Waals surface area contributed by atoms with E-state index < -0.39 is 0 Å². The minimum atomic E-state index is 0.305. The van der Waals surface area contributed by atoms with Gasteiger partial charge < -0.3 is 9.64 Å². The Morgan fingerprint density at radius 2 is 1.94 bits per heavy atom. The maximum Gasteiger partial charge on any atom is 0.121 e. The van der Waals surface area contributed by atoms with Gasteiger partial charge in [-0.05, 0) is 31.9 Å². The van der Waals surface area contributed by atoms with Gasteiger partial charge in [-0.25, -0.2) is 0 Å². The van der Waals surface area contributed by atoms with Crippen molar-refractivity contribution >= 4 is 5.69 Å². The molecule has 1 aromatic rings. The van der Waals surface area contributed by atoms with Gasteiger partial charge in [-0.1, -0.05) is 32.3 Å². The van der Waals surface area contributed by atoms with Gasteiger partial charge >= 0.3 is 0 Å². The Balaban J connectivity index is 2.39. The topological polar surface area (TPSA) is 12.5 Å². The standard InChI is InChI=1S/C16H27NO/c1-5-6-7-8-10-14(2)18-16-12-9-11-15(13-16)17(3)4/h9,11-14H,5-8,10H2,1-4H3. The van der Waals surface area contributed by atoms with Crippen molar-refractivity contribution in [1.82, 2.24) is 0 Å². The highest BCUT2D eigenvalue weighted by atomic mass is 16.5. The molecule has 0 aliphatic heterocycles. The van der Waals surface area contributed by atoms with Gasteiger partial charge in [0.05, 0.1) is 6.10 Å². The van der Waals surface area contributed by atoms with E-state index in [0.29, 0.717) is 6.10 Å². The summed E-state index contributed by atoms with van der Waals surface area (Å²) in [6.45, 7) is 4.40. The van der Waals surface area contributed by atoms with Crippen LogP contribution in [-0.2, 0) is 0 Å². The maximum absolute atomic E-state index is 5.96. The van der Waals surface area contributed by atoms with Crippen LogP contribution in [-0.4, -0.2) is 20.2 Å². The first-order valence-corrected chi connectivity index (χ1v) is 7.07. The summed E-state index contributed by atoms with van der Waals surface area (Å²) in [4.78, 5) is 2.10. The number of anilines is 1. The average molecular weight is 249 g/mol. The van der Waals surface area contributed by atoms with Crippen LogP contribution in [0.4, 0.5) is 5.69 Å². The van der Waals surface area contributed by atoms with Crippen LogP contribution in [0.2, 0.25) is 0 Å². The summed E-state index contributed by atoms with van der Waals surface area (Å²) in [5.74, 6) is 0.976. The lowest BCUT2D eigenvalue weighted by molar-refractivity contribution is 0.206. The van der Waals surface area contributed by atoms with Crippen LogP contribution in [0.15, 0.2) is 24.3 Å². The molecule has 1 unspecified atom stereocenters. The van der Waals surface area contributed by atoms with Crippen molar-refractivity contribution in [2.24, 2.45) is 0 Å². The number of unbranched alkanes of at least 4 members (excludes halogenated alkanes) is 3. The van der Waals surface area contributed by atoms with E-state index >= 15 is 0 Å². The third-order valence-corrected chi connectivity index (χ3v) is 3.14. The van der Waals surface area contributed by atoms with E-state index in [1.165, 1.54) is 31.4 Å². The molecule has 2 nitrogen and oxygen atoms in total. The summed E-state index contributed by atoms with van der Waals surface area (Å²) in [6, 6.07) is 8.28. The fourth-order valence-electron chi connectivity index (χ4n) is 1.98. The molecule has 0 aliphatic rings. The van der Waals surface area contributed by atoms with Gasteiger partial charge in [0.1, 0.15) is 5.75 Å². The molecule has 0 aliphatic carbocycles. The van der Waals surface area contributed by atoms with Crippen molar-refractivity contribution in [2.75, 3.05) is 19.0 Å². The molecule has 0 spiro atoms. The summed E-state index contributed by atoms with van der Waals surface area (Å²) in [6.07, 6.45) is 6.67. The number of hydrogen-bond donors (Lipinski definition) is 0. The first-order valence-electron chi connectivity index (χ1n) is 7.07. The normalized spacial score (nSPS) is 12.2. The molecule has 2 heteroatoms. The van der Waals surface area contributed by atoms with E-state index in [9.17, 15) is 0 Å². The Labute approximate surface area is 112 Å². The number of hydrogen-bond acceptors (Lipinski definition) is 2. The monoisotopic (exact) mass is 249 g/mol. The molecule has 0 saturated heterocycles. The smallest absolute Gasteiger partial charge is 0.121 e. The van der Waals surface area contributed by atoms with Crippen LogP contribution in [0.25, 0.3) is 0 Å². The second-order valence-corrected chi connectivity index (χ2v) is 5.17. The number of benzene rings is 1. The predicted molar refractivity (Wildman–Crippen MR) is 79.6 cm³/mol. The molecule has 0 aromatic heterocycles. The summed E-state index contributed by atoms with van der Waals surface area (Å²) < 4.78 is 5.96. The minimum Gasteiger partial charge on any atom is -0.491 e. The Morgan fingerprint density at radius 1 is 1.17 bits per heavy atom. The lowest BCUT2D eigenvalue weighted by Gasteiger charge is -2.17. The van der Waals surface area contributed by atoms with Gasteiger partial charge in [-0.15, -0.1) is 0 Å². The second-order valence-electron chi connectivity index (χ2n) is 5.17. The van der Waals surface area contributed by atoms with Crippen molar-refractivity contribution in [2.45, 2.75) is 52.1 Å². The van der Waals surface area contributed by atoms with Gasteiger partial charge in [-0.2, -0.15) is 0 Å². The van der Waals surface area contributed by atoms with E-state index in [1.54, 1.807) is 0 Å². The number of nitrogens with zero attached hydrogens (tertiary/aromatic N) is 1. The fraction of sp³-hybridized carbons (Fsp3) is 0.625. The zero-order chi connectivity index (χ0) is 13.4. The first kappa shape index (κ1) is 14.9. The van der Waals surface area contributed by atoms with Gasteiger partial charge in [0.25, 0.3) is 0 Å². The molecular weight excluding hydrogens is 222 g/mol. The number of ether oxygens (including phenoxy) is 1. The van der Waals surface area contributed by atoms with Gasteiger partial charge in [0.2, 0.25) is 0 Å². The van der Waals surface area contributed by atoms with E-state index in [4.69, 9.17) is 4.74 Å². The molecular formula is C16H27NO. The molecule has 102 valence electrons. The fourth-order valence-corrected chi connectivity index (χ4v) is 1.98. The van der Waals surface area contributed by atoms with Gasteiger partial charge in [0.15, 0.2) is 0 Å². The molecule has 0 radical (unpaired) electrons. The highest BCUT2D eigenvalue weighted by Crippen LogP contribution is 2.21. The van der Waals surface area contributed by atoms with Crippen LogP contribution in [0.5, 0.6) is 5.75 Å². The molecule has 1 rings (SSSR count). The summed E-state index contributed by atoms with van der Waals surface area (Å²) in [7, 11) is 4.10. The highest BCUT2D eigenvalue weighted by molar-refractivity contribution is 5.49. The lowest BCUT2D eigenvalue weighted by Crippen LogP contribution is -2.13. The van der Waals surface area contributed by atoms with E-state index in [2.05, 4.69) is 36.9 Å². The molecule has 0 saturated carbocycles. The SMILES string of the molecule is CCCCCCC(C)Oc1cccc(N(C)C)c1. The molecule has 18 heavy (non-hydrogen) atoms. The Hall–Kier alpha value is -1.18. The quantitative estimate of drug-likeness (QED) is 0.629. The zero-order valence-electron chi connectivity index (χ0n) is 12.3. The predicted octanol–water partition coefficient (Wildman–Crippen LogP) is 4.49. The lowest BCUT2D eigenvalue weighted by atomic mass is 10.1. The average Bonchev–Trinajstić information content (AvgIpc) is 2.35. The third kappa shape index (κ3) is 5.44. The highest BCUT2D eigenvalue weighted by Gasteiger charge is 2.05. The minimum absolute atomic E-state index is 0.305. The van der Waals surface area contributed by atoms with E-state index in [0.717, 1.165) is 12.2 Å². The van der Waals surface area contributed by atoms with Gasteiger partial charge in [-0.3, -0.25) is 0 Å². The molecule has 0 bridgehead atoms. The first-order chi connectivity index (χ1) is 8.63. The van der Waals surface area contributed by atoms with E-state index in [1.807, 2.05) is 20.2 Å². The molecule has 0 N–H and O–H groups in total. The second kappa shape index (κ2) is 8.02. The van der Waals surface area contributed by atoms with Crippen LogP contribution in [0.3, 0.4) is 0 Å². The van der Waals surface area contributed by atoms with Crippen molar-refractivity contribution in [1.29, 1.82) is 0 Å². The van der Waals surface area contributed by atoms with Gasteiger partial charge in [0, 0.05) is 25.8 Å². The molecule has 1 atom stereocenters. The Bertz CT molecular complexity index is 336. The largest absolute Gasteiger partial charge is 0.491 e. The molecule has 0 heterocycles. The molecule has 1 aromatic carbocycles. The Kier molecular flexibility index (Phi) is 6.63. The third-order valence-electron chi connectivity index (χ3n) is 3.14. The summed E-state index contributed by atoms with van der Waals surface area (Å²) in [5, 5.41) is 0. The maximum atomic E-state index is 5.96. The van der Waals surface area contributed by atoms with Crippen molar-refractivity contribution in [3.8, 4) is 5.75 Å². The zero-order valence-corrected chi connectivity index (χ0v) is 12.3.